The fourth-order valence-corrected chi connectivity index (χ4v) is 3.55. The Hall–Kier alpha value is -2.36. The van der Waals surface area contributed by atoms with Gasteiger partial charge in [-0.15, -0.1) is 11.3 Å². The number of hydrogen-bond acceptors (Lipinski definition) is 5. The standard InChI is InChI=1S/C15H8N2O2S2/c16-8-9-1-3-10(4-2-9)12-6-5-11(20-12)7-13-14(18)17-15(19)21-13/h1-7H,(H,17,18,19). The maximum absolute atomic E-state index is 11.5. The molecule has 2 aromatic rings. The van der Waals surface area contributed by atoms with Crippen LogP contribution in [0.5, 0.6) is 0 Å². The van der Waals surface area contributed by atoms with Crippen LogP contribution in [0, 0.1) is 11.3 Å². The summed E-state index contributed by atoms with van der Waals surface area (Å²) in [4.78, 5) is 25.0. The second-order valence-corrected chi connectivity index (χ2v) is 6.37. The van der Waals surface area contributed by atoms with Crippen LogP contribution in [0.2, 0.25) is 0 Å². The largest absolute Gasteiger partial charge is 0.290 e. The van der Waals surface area contributed by atoms with Crippen molar-refractivity contribution >= 4 is 40.3 Å². The zero-order valence-corrected chi connectivity index (χ0v) is 12.3. The lowest BCUT2D eigenvalue weighted by molar-refractivity contribution is -0.115. The first kappa shape index (κ1) is 13.6. The summed E-state index contributed by atoms with van der Waals surface area (Å²) in [6, 6.07) is 13.3. The van der Waals surface area contributed by atoms with E-state index < -0.39 is 0 Å². The normalized spacial score (nSPS) is 16.0. The first-order valence-electron chi connectivity index (χ1n) is 6.01. The molecule has 21 heavy (non-hydrogen) atoms. The molecule has 1 aromatic heterocycles. The Bertz CT molecular complexity index is 798. The molecular weight excluding hydrogens is 304 g/mol. The van der Waals surface area contributed by atoms with E-state index in [1.54, 1.807) is 18.2 Å². The van der Waals surface area contributed by atoms with Gasteiger partial charge in [0.15, 0.2) is 0 Å². The maximum atomic E-state index is 11.5. The Morgan fingerprint density at radius 2 is 1.86 bits per heavy atom. The Morgan fingerprint density at radius 3 is 2.48 bits per heavy atom. The second kappa shape index (κ2) is 5.56. The summed E-state index contributed by atoms with van der Waals surface area (Å²) < 4.78 is 0. The molecular formula is C15H8N2O2S2. The highest BCUT2D eigenvalue weighted by Crippen LogP contribution is 2.32. The van der Waals surface area contributed by atoms with Gasteiger partial charge in [0, 0.05) is 9.75 Å². The number of carbonyl (C=O) groups is 2. The number of rotatable bonds is 2. The van der Waals surface area contributed by atoms with Gasteiger partial charge >= 0.3 is 0 Å². The van der Waals surface area contributed by atoms with Crippen LogP contribution in [-0.4, -0.2) is 11.1 Å². The minimum absolute atomic E-state index is 0.338. The monoisotopic (exact) mass is 312 g/mol. The molecule has 0 unspecified atom stereocenters. The van der Waals surface area contributed by atoms with Crippen molar-refractivity contribution < 1.29 is 9.59 Å². The smallest absolute Gasteiger partial charge is 0.282 e. The third kappa shape index (κ3) is 2.89. The molecule has 0 atom stereocenters. The predicted octanol–water partition coefficient (Wildman–Crippen LogP) is 3.61. The summed E-state index contributed by atoms with van der Waals surface area (Å²) in [5.74, 6) is -0.349. The minimum atomic E-state index is -0.349. The highest BCUT2D eigenvalue weighted by Gasteiger charge is 2.25. The number of benzene rings is 1. The van der Waals surface area contributed by atoms with Crippen molar-refractivity contribution in [2.45, 2.75) is 0 Å². The summed E-state index contributed by atoms with van der Waals surface area (Å²) in [7, 11) is 0. The number of amides is 2. The minimum Gasteiger partial charge on any atom is -0.282 e. The van der Waals surface area contributed by atoms with E-state index in [0.29, 0.717) is 10.5 Å². The number of nitrogens with one attached hydrogen (secondary N) is 1. The molecule has 2 amide bonds. The number of hydrogen-bond donors (Lipinski definition) is 1. The number of thiophene rings is 1. The van der Waals surface area contributed by atoms with E-state index in [2.05, 4.69) is 11.4 Å². The Kier molecular flexibility index (Phi) is 3.60. The van der Waals surface area contributed by atoms with Crippen molar-refractivity contribution in [1.82, 2.24) is 5.32 Å². The van der Waals surface area contributed by atoms with E-state index in [1.165, 1.54) is 11.3 Å². The van der Waals surface area contributed by atoms with Crippen LogP contribution in [0.25, 0.3) is 16.5 Å². The lowest BCUT2D eigenvalue weighted by Crippen LogP contribution is -2.17. The summed E-state index contributed by atoms with van der Waals surface area (Å²) in [5.41, 5.74) is 1.64. The Morgan fingerprint density at radius 1 is 1.10 bits per heavy atom. The van der Waals surface area contributed by atoms with Crippen LogP contribution in [0.3, 0.4) is 0 Å². The number of thioether (sulfide) groups is 1. The molecule has 0 radical (unpaired) electrons. The van der Waals surface area contributed by atoms with Gasteiger partial charge in [-0.1, -0.05) is 12.1 Å². The van der Waals surface area contributed by atoms with Crippen LogP contribution in [-0.2, 0) is 4.79 Å². The van der Waals surface area contributed by atoms with E-state index in [1.807, 2.05) is 24.3 Å². The molecule has 3 rings (SSSR count). The molecule has 102 valence electrons. The van der Waals surface area contributed by atoms with Gasteiger partial charge in [-0.3, -0.25) is 14.9 Å². The molecule has 0 saturated carbocycles. The molecule has 2 heterocycles. The first-order chi connectivity index (χ1) is 10.2. The molecule has 1 aromatic carbocycles. The fraction of sp³-hybridized carbons (Fsp3) is 0. The third-order valence-electron chi connectivity index (χ3n) is 2.84. The lowest BCUT2D eigenvalue weighted by atomic mass is 10.1. The van der Waals surface area contributed by atoms with E-state index in [-0.39, 0.29) is 11.1 Å². The number of nitrogens with zero attached hydrogens (tertiary/aromatic N) is 1. The highest BCUT2D eigenvalue weighted by atomic mass is 32.2. The summed E-state index contributed by atoms with van der Waals surface area (Å²) in [5, 5.41) is 10.7. The number of nitriles is 1. The van der Waals surface area contributed by atoms with E-state index >= 15 is 0 Å². The molecule has 1 N–H and O–H groups in total. The zero-order chi connectivity index (χ0) is 14.8. The second-order valence-electron chi connectivity index (χ2n) is 4.24. The van der Waals surface area contributed by atoms with Crippen LogP contribution >= 0.6 is 23.1 Å². The van der Waals surface area contributed by atoms with Gasteiger partial charge < -0.3 is 0 Å². The molecule has 0 bridgehead atoms. The summed E-state index contributed by atoms with van der Waals surface area (Å²) in [6.45, 7) is 0. The molecule has 6 heteroatoms. The van der Waals surface area contributed by atoms with Gasteiger partial charge in [-0.2, -0.15) is 5.26 Å². The van der Waals surface area contributed by atoms with Crippen molar-refractivity contribution in [3.8, 4) is 16.5 Å². The molecule has 0 spiro atoms. The van der Waals surface area contributed by atoms with Crippen molar-refractivity contribution in [3.63, 3.8) is 0 Å². The van der Waals surface area contributed by atoms with Gasteiger partial charge in [0.05, 0.1) is 16.5 Å². The molecule has 1 aliphatic rings. The maximum Gasteiger partial charge on any atom is 0.290 e. The van der Waals surface area contributed by atoms with Gasteiger partial charge in [0.1, 0.15) is 0 Å². The predicted molar refractivity (Wildman–Crippen MR) is 83.6 cm³/mol. The Labute approximate surface area is 129 Å². The summed E-state index contributed by atoms with van der Waals surface area (Å²) >= 11 is 2.44. The van der Waals surface area contributed by atoms with Crippen LogP contribution in [0.4, 0.5) is 4.79 Å². The average Bonchev–Trinajstić information content (AvgIpc) is 3.07. The van der Waals surface area contributed by atoms with Gasteiger partial charge in [-0.05, 0) is 47.7 Å². The zero-order valence-electron chi connectivity index (χ0n) is 10.6. The molecule has 0 aliphatic carbocycles. The molecule has 4 nitrogen and oxygen atoms in total. The average molecular weight is 312 g/mol. The first-order valence-corrected chi connectivity index (χ1v) is 7.64. The van der Waals surface area contributed by atoms with Crippen molar-refractivity contribution in [3.05, 3.63) is 51.7 Å². The van der Waals surface area contributed by atoms with Crippen LogP contribution in [0.1, 0.15) is 10.4 Å². The van der Waals surface area contributed by atoms with Crippen molar-refractivity contribution in [2.24, 2.45) is 0 Å². The fourth-order valence-electron chi connectivity index (χ4n) is 1.84. The highest BCUT2D eigenvalue weighted by molar-refractivity contribution is 8.18. The number of imide groups is 1. The Balaban J connectivity index is 1.86. The molecule has 1 saturated heterocycles. The molecule has 1 aliphatic heterocycles. The molecule has 1 fully saturated rings. The van der Waals surface area contributed by atoms with Gasteiger partial charge in [0.2, 0.25) is 0 Å². The van der Waals surface area contributed by atoms with Gasteiger partial charge in [0.25, 0.3) is 11.1 Å². The third-order valence-corrected chi connectivity index (χ3v) is 4.73. The van der Waals surface area contributed by atoms with Crippen LogP contribution in [0.15, 0.2) is 41.3 Å². The quantitative estimate of drug-likeness (QED) is 0.860. The van der Waals surface area contributed by atoms with Crippen molar-refractivity contribution in [2.75, 3.05) is 0 Å². The van der Waals surface area contributed by atoms with Gasteiger partial charge in [-0.25, -0.2) is 0 Å². The van der Waals surface area contributed by atoms with E-state index in [4.69, 9.17) is 5.26 Å². The summed E-state index contributed by atoms with van der Waals surface area (Å²) in [6.07, 6.45) is 1.71. The van der Waals surface area contributed by atoms with E-state index in [9.17, 15) is 9.59 Å². The van der Waals surface area contributed by atoms with Crippen LogP contribution < -0.4 is 5.32 Å². The lowest BCUT2D eigenvalue weighted by Gasteiger charge is -1.96. The SMILES string of the molecule is N#Cc1ccc(-c2ccc(C=C3SC(=O)NC3=O)s2)cc1. The number of carbonyl (C=O) groups excluding carboxylic acids is 2. The topological polar surface area (TPSA) is 70.0 Å². The van der Waals surface area contributed by atoms with Crippen molar-refractivity contribution in [1.29, 1.82) is 5.26 Å². The van der Waals surface area contributed by atoms with E-state index in [0.717, 1.165) is 27.1 Å².